The Kier molecular flexibility index (Phi) is 6.47. The molecule has 100 valence electrons. The zero-order chi connectivity index (χ0) is 12.7. The molecule has 1 fully saturated rings. The topological polar surface area (TPSA) is 72.8 Å². The molecule has 1 aliphatic heterocycles. The monoisotopic (exact) mass is 244 g/mol. The van der Waals surface area contributed by atoms with Crippen molar-refractivity contribution in [1.29, 1.82) is 0 Å². The first-order valence-electron chi connectivity index (χ1n) is 6.48. The highest BCUT2D eigenvalue weighted by atomic mass is 16.4. The largest absolute Gasteiger partial charge is 0.481 e. The van der Waals surface area contributed by atoms with Crippen molar-refractivity contribution in [3.63, 3.8) is 0 Å². The molecule has 0 aromatic rings. The number of aliphatic hydroxyl groups excluding tert-OH is 1. The van der Waals surface area contributed by atoms with Crippen LogP contribution >= 0.6 is 0 Å². The first-order valence-corrected chi connectivity index (χ1v) is 6.48. The van der Waals surface area contributed by atoms with E-state index in [1.54, 1.807) is 0 Å². The third-order valence-electron chi connectivity index (χ3n) is 3.19. The zero-order valence-electron chi connectivity index (χ0n) is 10.6. The molecule has 1 atom stereocenters. The standard InChI is InChI=1S/C12H24N2O3/c1-2-7-14(9-11(15)8-12(16)17)10-3-5-13-6-4-10/h10-11,13,15H,2-9H2,1H3,(H,16,17). The summed E-state index contributed by atoms with van der Waals surface area (Å²) in [4.78, 5) is 12.8. The van der Waals surface area contributed by atoms with Crippen LogP contribution in [0.3, 0.4) is 0 Å². The van der Waals surface area contributed by atoms with Gasteiger partial charge in [-0.1, -0.05) is 6.92 Å². The van der Waals surface area contributed by atoms with Gasteiger partial charge in [0.05, 0.1) is 12.5 Å². The van der Waals surface area contributed by atoms with Crippen LogP contribution in [-0.4, -0.2) is 59.4 Å². The third kappa shape index (κ3) is 5.48. The Morgan fingerprint density at radius 2 is 2.12 bits per heavy atom. The Morgan fingerprint density at radius 1 is 1.47 bits per heavy atom. The lowest BCUT2D eigenvalue weighted by molar-refractivity contribution is -0.139. The molecule has 3 N–H and O–H groups in total. The number of hydrogen-bond acceptors (Lipinski definition) is 4. The van der Waals surface area contributed by atoms with Gasteiger partial charge in [0.1, 0.15) is 0 Å². The van der Waals surface area contributed by atoms with Crippen LogP contribution in [-0.2, 0) is 4.79 Å². The van der Waals surface area contributed by atoms with Crippen LogP contribution in [0.5, 0.6) is 0 Å². The minimum atomic E-state index is -0.931. The van der Waals surface area contributed by atoms with Crippen molar-refractivity contribution in [3.8, 4) is 0 Å². The van der Waals surface area contributed by atoms with Crippen LogP contribution in [0.4, 0.5) is 0 Å². The molecule has 0 aromatic carbocycles. The van der Waals surface area contributed by atoms with Gasteiger partial charge in [-0.05, 0) is 38.9 Å². The summed E-state index contributed by atoms with van der Waals surface area (Å²) < 4.78 is 0. The number of aliphatic carboxylic acids is 1. The second kappa shape index (κ2) is 7.63. The summed E-state index contributed by atoms with van der Waals surface area (Å²) in [5.74, 6) is -0.931. The highest BCUT2D eigenvalue weighted by Gasteiger charge is 2.23. The van der Waals surface area contributed by atoms with E-state index in [4.69, 9.17) is 5.11 Å². The number of carbonyl (C=O) groups is 1. The minimum absolute atomic E-state index is 0.162. The first-order chi connectivity index (χ1) is 8.13. The number of nitrogens with one attached hydrogen (secondary N) is 1. The highest BCUT2D eigenvalue weighted by Crippen LogP contribution is 2.13. The second-order valence-electron chi connectivity index (χ2n) is 4.73. The predicted molar refractivity (Wildman–Crippen MR) is 66.0 cm³/mol. The van der Waals surface area contributed by atoms with Crippen LogP contribution in [0.2, 0.25) is 0 Å². The number of rotatable bonds is 7. The van der Waals surface area contributed by atoms with Gasteiger partial charge >= 0.3 is 5.97 Å². The van der Waals surface area contributed by atoms with Gasteiger partial charge in [0, 0.05) is 12.6 Å². The fourth-order valence-electron chi connectivity index (χ4n) is 2.42. The van der Waals surface area contributed by atoms with E-state index in [-0.39, 0.29) is 6.42 Å². The molecule has 0 bridgehead atoms. The Balaban J connectivity index is 2.43. The maximum Gasteiger partial charge on any atom is 0.306 e. The highest BCUT2D eigenvalue weighted by molar-refractivity contribution is 5.67. The van der Waals surface area contributed by atoms with Crippen molar-refractivity contribution in [1.82, 2.24) is 10.2 Å². The van der Waals surface area contributed by atoms with Crippen LogP contribution < -0.4 is 5.32 Å². The van der Waals surface area contributed by atoms with Crippen molar-refractivity contribution >= 4 is 5.97 Å². The maximum absolute atomic E-state index is 10.5. The van der Waals surface area contributed by atoms with Crippen molar-refractivity contribution < 1.29 is 15.0 Å². The molecule has 0 spiro atoms. The summed E-state index contributed by atoms with van der Waals surface area (Å²) in [5, 5.41) is 21.7. The van der Waals surface area contributed by atoms with Crippen LogP contribution in [0.15, 0.2) is 0 Å². The van der Waals surface area contributed by atoms with Crippen molar-refractivity contribution in [2.24, 2.45) is 0 Å². The molecule has 0 amide bonds. The number of hydrogen-bond donors (Lipinski definition) is 3. The number of carboxylic acids is 1. The smallest absolute Gasteiger partial charge is 0.306 e. The SMILES string of the molecule is CCCN(CC(O)CC(=O)O)C1CCNCC1. The van der Waals surface area contributed by atoms with E-state index in [9.17, 15) is 9.90 Å². The fourth-order valence-corrected chi connectivity index (χ4v) is 2.42. The molecule has 0 aliphatic carbocycles. The summed E-state index contributed by atoms with van der Waals surface area (Å²) in [6.07, 6.45) is 2.28. The number of nitrogens with zero attached hydrogens (tertiary/aromatic N) is 1. The van der Waals surface area contributed by atoms with Crippen LogP contribution in [0.1, 0.15) is 32.6 Å². The molecule has 0 aromatic heterocycles. The molecule has 0 radical (unpaired) electrons. The van der Waals surface area contributed by atoms with Gasteiger partial charge in [-0.25, -0.2) is 0 Å². The second-order valence-corrected chi connectivity index (χ2v) is 4.73. The molecular weight excluding hydrogens is 220 g/mol. The lowest BCUT2D eigenvalue weighted by atomic mass is 10.0. The molecule has 5 heteroatoms. The molecule has 5 nitrogen and oxygen atoms in total. The van der Waals surface area contributed by atoms with Gasteiger partial charge in [0.2, 0.25) is 0 Å². The Morgan fingerprint density at radius 3 is 2.65 bits per heavy atom. The molecule has 1 heterocycles. The number of carboxylic acid groups (broad SMARTS) is 1. The first kappa shape index (κ1) is 14.4. The minimum Gasteiger partial charge on any atom is -0.481 e. The van der Waals surface area contributed by atoms with Gasteiger partial charge in [-0.15, -0.1) is 0 Å². The van der Waals surface area contributed by atoms with E-state index >= 15 is 0 Å². The fraction of sp³-hybridized carbons (Fsp3) is 0.917. The van der Waals surface area contributed by atoms with Crippen molar-refractivity contribution in [3.05, 3.63) is 0 Å². The molecule has 1 unspecified atom stereocenters. The van der Waals surface area contributed by atoms with E-state index < -0.39 is 12.1 Å². The van der Waals surface area contributed by atoms with Gasteiger partial charge in [0.25, 0.3) is 0 Å². The summed E-state index contributed by atoms with van der Waals surface area (Å²) in [7, 11) is 0. The zero-order valence-corrected chi connectivity index (χ0v) is 10.6. The van der Waals surface area contributed by atoms with E-state index in [1.807, 2.05) is 0 Å². The van der Waals surface area contributed by atoms with Crippen LogP contribution in [0, 0.1) is 0 Å². The third-order valence-corrected chi connectivity index (χ3v) is 3.19. The summed E-state index contributed by atoms with van der Waals surface area (Å²) in [6.45, 7) is 5.55. The van der Waals surface area contributed by atoms with Crippen molar-refractivity contribution in [2.45, 2.75) is 44.8 Å². The quantitative estimate of drug-likeness (QED) is 0.600. The van der Waals surface area contributed by atoms with E-state index in [0.29, 0.717) is 12.6 Å². The lowest BCUT2D eigenvalue weighted by Crippen LogP contribution is -2.46. The summed E-state index contributed by atoms with van der Waals surface area (Å²) >= 11 is 0. The summed E-state index contributed by atoms with van der Waals surface area (Å²) in [5.41, 5.74) is 0. The Hall–Kier alpha value is -0.650. The molecule has 1 saturated heterocycles. The Labute approximate surface area is 103 Å². The normalized spacial score (nSPS) is 19.5. The number of aliphatic hydroxyl groups is 1. The van der Waals surface area contributed by atoms with Crippen LogP contribution in [0.25, 0.3) is 0 Å². The van der Waals surface area contributed by atoms with Gasteiger partial charge in [-0.3, -0.25) is 9.69 Å². The molecule has 1 rings (SSSR count). The molecule has 0 saturated carbocycles. The van der Waals surface area contributed by atoms with E-state index in [1.165, 1.54) is 0 Å². The molecule has 1 aliphatic rings. The molecule has 17 heavy (non-hydrogen) atoms. The maximum atomic E-state index is 10.5. The number of piperidine rings is 1. The van der Waals surface area contributed by atoms with Crippen molar-refractivity contribution in [2.75, 3.05) is 26.2 Å². The average Bonchev–Trinajstić information content (AvgIpc) is 2.28. The van der Waals surface area contributed by atoms with Gasteiger partial charge in [0.15, 0.2) is 0 Å². The summed E-state index contributed by atoms with van der Waals surface area (Å²) in [6, 6.07) is 0.486. The average molecular weight is 244 g/mol. The van der Waals surface area contributed by atoms with E-state index in [2.05, 4.69) is 17.1 Å². The van der Waals surface area contributed by atoms with Gasteiger partial charge in [-0.2, -0.15) is 0 Å². The lowest BCUT2D eigenvalue weighted by Gasteiger charge is -2.35. The molecular formula is C12H24N2O3. The predicted octanol–water partition coefficient (Wildman–Crippen LogP) is 0.286. The van der Waals surface area contributed by atoms with Gasteiger partial charge < -0.3 is 15.5 Å². The Bertz CT molecular complexity index is 230. The van der Waals surface area contributed by atoms with E-state index in [0.717, 1.165) is 38.9 Å².